The normalized spacial score (nSPS) is 12.7. The Bertz CT molecular complexity index is 446. The van der Waals surface area contributed by atoms with Gasteiger partial charge in [-0.3, -0.25) is 0 Å². The number of aliphatic hydroxyl groups excluding tert-OH is 1. The van der Waals surface area contributed by atoms with Crippen molar-refractivity contribution in [3.8, 4) is 0 Å². The summed E-state index contributed by atoms with van der Waals surface area (Å²) in [7, 11) is 0. The highest BCUT2D eigenvalue weighted by molar-refractivity contribution is 7.10. The molecule has 2 heteroatoms. The van der Waals surface area contributed by atoms with Gasteiger partial charge in [0.1, 0.15) is 6.10 Å². The average Bonchev–Trinajstić information content (AvgIpc) is 2.69. The highest BCUT2D eigenvalue weighted by Crippen LogP contribution is 2.28. The Labute approximate surface area is 94.0 Å². The fourth-order valence-electron chi connectivity index (χ4n) is 1.73. The lowest BCUT2D eigenvalue weighted by Gasteiger charge is -2.12. The molecule has 0 saturated carbocycles. The second-order valence-corrected chi connectivity index (χ2v) is 4.76. The van der Waals surface area contributed by atoms with Crippen LogP contribution >= 0.6 is 11.3 Å². The molecule has 0 radical (unpaired) electrons. The van der Waals surface area contributed by atoms with Crippen molar-refractivity contribution in [2.24, 2.45) is 0 Å². The molecule has 2 rings (SSSR count). The minimum Gasteiger partial charge on any atom is -0.383 e. The Hall–Kier alpha value is -1.12. The number of benzene rings is 1. The molecule has 0 saturated heterocycles. The molecule has 0 spiro atoms. The van der Waals surface area contributed by atoms with Crippen LogP contribution in [0.25, 0.3) is 0 Å². The summed E-state index contributed by atoms with van der Waals surface area (Å²) in [6.07, 6.45) is -0.481. The van der Waals surface area contributed by atoms with Gasteiger partial charge in [-0.2, -0.15) is 0 Å². The number of aryl methyl sites for hydroxylation is 2. The molecule has 0 bridgehead atoms. The van der Waals surface area contributed by atoms with E-state index in [4.69, 9.17) is 0 Å². The van der Waals surface area contributed by atoms with Gasteiger partial charge in [0, 0.05) is 4.88 Å². The molecule has 1 heterocycles. The fraction of sp³-hybridized carbons (Fsp3) is 0.231. The summed E-state index contributed by atoms with van der Waals surface area (Å²) in [5.41, 5.74) is 3.38. The molecule has 1 atom stereocenters. The highest BCUT2D eigenvalue weighted by atomic mass is 32.1. The zero-order chi connectivity index (χ0) is 10.8. The molecule has 0 aliphatic carbocycles. The molecule has 2 aromatic rings. The van der Waals surface area contributed by atoms with E-state index in [0.717, 1.165) is 16.0 Å². The molecule has 1 N–H and O–H groups in total. The molecule has 0 aliphatic rings. The lowest BCUT2D eigenvalue weighted by molar-refractivity contribution is 0.223. The van der Waals surface area contributed by atoms with E-state index in [1.807, 2.05) is 36.6 Å². The van der Waals surface area contributed by atoms with Gasteiger partial charge in [-0.05, 0) is 36.4 Å². The molecule has 1 nitrogen and oxygen atoms in total. The number of hydrogen-bond acceptors (Lipinski definition) is 2. The standard InChI is InChI=1S/C13H14OS/c1-9-5-6-11(10(2)8-9)13(14)12-4-3-7-15-12/h3-8,13-14H,1-2H3. The topological polar surface area (TPSA) is 20.2 Å². The van der Waals surface area contributed by atoms with Crippen LogP contribution in [0.5, 0.6) is 0 Å². The van der Waals surface area contributed by atoms with Gasteiger partial charge < -0.3 is 5.11 Å². The van der Waals surface area contributed by atoms with Crippen molar-refractivity contribution in [2.45, 2.75) is 20.0 Å². The maximum Gasteiger partial charge on any atom is 0.113 e. The molecule has 1 unspecified atom stereocenters. The van der Waals surface area contributed by atoms with Crippen LogP contribution in [0.1, 0.15) is 27.7 Å². The maximum absolute atomic E-state index is 10.2. The third-order valence-electron chi connectivity index (χ3n) is 2.53. The molecule has 78 valence electrons. The number of rotatable bonds is 2. The molecular formula is C13H14OS. The van der Waals surface area contributed by atoms with Crippen molar-refractivity contribution in [2.75, 3.05) is 0 Å². The lowest BCUT2D eigenvalue weighted by atomic mass is 10.0. The highest BCUT2D eigenvalue weighted by Gasteiger charge is 2.13. The van der Waals surface area contributed by atoms with E-state index in [1.165, 1.54) is 5.56 Å². The SMILES string of the molecule is Cc1ccc(C(O)c2cccs2)c(C)c1. The van der Waals surface area contributed by atoms with Crippen LogP contribution in [0, 0.1) is 13.8 Å². The molecule has 0 aliphatic heterocycles. The summed E-state index contributed by atoms with van der Waals surface area (Å²) < 4.78 is 0. The molecule has 0 amide bonds. The monoisotopic (exact) mass is 218 g/mol. The molecule has 15 heavy (non-hydrogen) atoms. The van der Waals surface area contributed by atoms with Gasteiger partial charge in [0.2, 0.25) is 0 Å². The fourth-order valence-corrected chi connectivity index (χ4v) is 2.46. The van der Waals surface area contributed by atoms with Gasteiger partial charge in [0.25, 0.3) is 0 Å². The van der Waals surface area contributed by atoms with Crippen molar-refractivity contribution in [3.63, 3.8) is 0 Å². The van der Waals surface area contributed by atoms with Crippen molar-refractivity contribution in [3.05, 3.63) is 57.3 Å². The van der Waals surface area contributed by atoms with Crippen LogP contribution in [0.15, 0.2) is 35.7 Å². The van der Waals surface area contributed by atoms with Crippen LogP contribution < -0.4 is 0 Å². The zero-order valence-corrected chi connectivity index (χ0v) is 9.71. The maximum atomic E-state index is 10.2. The second-order valence-electron chi connectivity index (χ2n) is 3.78. The Morgan fingerprint density at radius 2 is 2.00 bits per heavy atom. The van der Waals surface area contributed by atoms with E-state index in [9.17, 15) is 5.11 Å². The quantitative estimate of drug-likeness (QED) is 0.818. The van der Waals surface area contributed by atoms with Crippen LogP contribution in [0.3, 0.4) is 0 Å². The smallest absolute Gasteiger partial charge is 0.113 e. The van der Waals surface area contributed by atoms with Crippen molar-refractivity contribution < 1.29 is 5.11 Å². The molecular weight excluding hydrogens is 204 g/mol. The molecule has 1 aromatic heterocycles. The summed E-state index contributed by atoms with van der Waals surface area (Å²) in [5.74, 6) is 0. The lowest BCUT2D eigenvalue weighted by Crippen LogP contribution is -1.99. The van der Waals surface area contributed by atoms with Gasteiger partial charge in [-0.25, -0.2) is 0 Å². The van der Waals surface area contributed by atoms with E-state index in [-0.39, 0.29) is 0 Å². The van der Waals surface area contributed by atoms with Gasteiger partial charge >= 0.3 is 0 Å². The third-order valence-corrected chi connectivity index (χ3v) is 3.46. The average molecular weight is 218 g/mol. The summed E-state index contributed by atoms with van der Waals surface area (Å²) in [6.45, 7) is 4.10. The van der Waals surface area contributed by atoms with Crippen LogP contribution in [-0.4, -0.2) is 5.11 Å². The van der Waals surface area contributed by atoms with Gasteiger partial charge in [-0.1, -0.05) is 29.8 Å². The van der Waals surface area contributed by atoms with Crippen LogP contribution in [0.2, 0.25) is 0 Å². The van der Waals surface area contributed by atoms with Crippen LogP contribution in [-0.2, 0) is 0 Å². The first kappa shape index (κ1) is 10.4. The third kappa shape index (κ3) is 2.11. The van der Waals surface area contributed by atoms with E-state index in [1.54, 1.807) is 11.3 Å². The predicted molar refractivity (Wildman–Crippen MR) is 64.3 cm³/mol. The Morgan fingerprint density at radius 1 is 1.20 bits per heavy atom. The van der Waals surface area contributed by atoms with E-state index < -0.39 is 6.10 Å². The van der Waals surface area contributed by atoms with Crippen molar-refractivity contribution in [1.82, 2.24) is 0 Å². The molecule has 1 aromatic carbocycles. The van der Waals surface area contributed by atoms with E-state index >= 15 is 0 Å². The van der Waals surface area contributed by atoms with Crippen molar-refractivity contribution >= 4 is 11.3 Å². The first-order valence-electron chi connectivity index (χ1n) is 4.97. The minimum absolute atomic E-state index is 0.481. The number of aliphatic hydroxyl groups is 1. The summed E-state index contributed by atoms with van der Waals surface area (Å²) in [5, 5.41) is 12.2. The first-order chi connectivity index (χ1) is 7.18. The Kier molecular flexibility index (Phi) is 2.89. The number of hydrogen-bond donors (Lipinski definition) is 1. The predicted octanol–water partition coefficient (Wildman–Crippen LogP) is 3.45. The van der Waals surface area contributed by atoms with E-state index in [2.05, 4.69) is 13.0 Å². The largest absolute Gasteiger partial charge is 0.383 e. The van der Waals surface area contributed by atoms with Gasteiger partial charge in [0.05, 0.1) is 0 Å². The first-order valence-corrected chi connectivity index (χ1v) is 5.85. The van der Waals surface area contributed by atoms with Gasteiger partial charge in [0.15, 0.2) is 0 Å². The summed E-state index contributed by atoms with van der Waals surface area (Å²) >= 11 is 1.59. The zero-order valence-electron chi connectivity index (χ0n) is 8.90. The number of thiophene rings is 1. The van der Waals surface area contributed by atoms with Crippen molar-refractivity contribution in [1.29, 1.82) is 0 Å². The second kappa shape index (κ2) is 4.17. The summed E-state index contributed by atoms with van der Waals surface area (Å²) in [4.78, 5) is 1.00. The van der Waals surface area contributed by atoms with Gasteiger partial charge in [-0.15, -0.1) is 11.3 Å². The Morgan fingerprint density at radius 3 is 2.60 bits per heavy atom. The molecule has 0 fully saturated rings. The van der Waals surface area contributed by atoms with E-state index in [0.29, 0.717) is 0 Å². The van der Waals surface area contributed by atoms with Crippen LogP contribution in [0.4, 0.5) is 0 Å². The Balaban J connectivity index is 2.38. The summed E-state index contributed by atoms with van der Waals surface area (Å²) in [6, 6.07) is 10.1. The minimum atomic E-state index is -0.481.